The number of sulfonamides is 1. The van der Waals surface area contributed by atoms with Crippen LogP contribution in [0.2, 0.25) is 0 Å². The van der Waals surface area contributed by atoms with Crippen LogP contribution in [0, 0.1) is 6.92 Å². The lowest BCUT2D eigenvalue weighted by atomic mass is 10.1. The van der Waals surface area contributed by atoms with Crippen LogP contribution in [-0.4, -0.2) is 27.4 Å². The lowest BCUT2D eigenvalue weighted by Crippen LogP contribution is -2.38. The highest BCUT2D eigenvalue weighted by molar-refractivity contribution is 7.89. The molecule has 4 aromatic rings. The van der Waals surface area contributed by atoms with Crippen molar-refractivity contribution < 1.29 is 13.2 Å². The summed E-state index contributed by atoms with van der Waals surface area (Å²) >= 11 is 0. The molecule has 0 radical (unpaired) electrons. The van der Waals surface area contributed by atoms with Crippen molar-refractivity contribution in [2.24, 2.45) is 0 Å². The number of rotatable bonds is 7. The number of carbonyl (C=O) groups is 1. The van der Waals surface area contributed by atoms with Crippen molar-refractivity contribution >= 4 is 32.4 Å². The molecule has 0 heterocycles. The van der Waals surface area contributed by atoms with E-state index in [9.17, 15) is 13.2 Å². The average Bonchev–Trinajstić information content (AvgIpc) is 2.82. The fourth-order valence-corrected chi connectivity index (χ4v) is 4.63. The Hall–Kier alpha value is -3.48. The van der Waals surface area contributed by atoms with E-state index in [2.05, 4.69) is 4.72 Å². The third-order valence-electron chi connectivity index (χ3n) is 5.28. The van der Waals surface area contributed by atoms with Crippen molar-refractivity contribution in [3.05, 3.63) is 108 Å². The molecule has 5 nitrogen and oxygen atoms in total. The third-order valence-corrected chi connectivity index (χ3v) is 6.76. The summed E-state index contributed by atoms with van der Waals surface area (Å²) in [6.07, 6.45) is 0. The van der Waals surface area contributed by atoms with E-state index in [-0.39, 0.29) is 23.9 Å². The van der Waals surface area contributed by atoms with Crippen LogP contribution in [0.25, 0.3) is 10.8 Å². The molecule has 0 bridgehead atoms. The SMILES string of the molecule is Cc1ccc(S(=O)(=O)NCCN(C(=O)c2ccccc2)c2cccc3ccccc23)cc1. The molecule has 4 aromatic carbocycles. The van der Waals surface area contributed by atoms with Crippen molar-refractivity contribution in [1.29, 1.82) is 0 Å². The molecule has 0 aliphatic rings. The Labute approximate surface area is 188 Å². The van der Waals surface area contributed by atoms with E-state index < -0.39 is 10.0 Å². The van der Waals surface area contributed by atoms with Crippen LogP contribution in [0.3, 0.4) is 0 Å². The molecule has 1 amide bonds. The van der Waals surface area contributed by atoms with Gasteiger partial charge in [0.2, 0.25) is 10.0 Å². The van der Waals surface area contributed by atoms with Gasteiger partial charge in [-0.15, -0.1) is 0 Å². The highest BCUT2D eigenvalue weighted by Crippen LogP contribution is 2.28. The van der Waals surface area contributed by atoms with Gasteiger partial charge >= 0.3 is 0 Å². The molecule has 4 rings (SSSR count). The summed E-state index contributed by atoms with van der Waals surface area (Å²) < 4.78 is 28.0. The smallest absolute Gasteiger partial charge is 0.258 e. The van der Waals surface area contributed by atoms with Gasteiger partial charge in [0.15, 0.2) is 0 Å². The van der Waals surface area contributed by atoms with Gasteiger partial charge < -0.3 is 4.90 Å². The number of nitrogens with zero attached hydrogens (tertiary/aromatic N) is 1. The Morgan fingerprint density at radius 1 is 0.812 bits per heavy atom. The lowest BCUT2D eigenvalue weighted by molar-refractivity contribution is 0.0987. The maximum Gasteiger partial charge on any atom is 0.258 e. The molecule has 0 saturated carbocycles. The van der Waals surface area contributed by atoms with E-state index in [1.165, 1.54) is 0 Å². The zero-order valence-electron chi connectivity index (χ0n) is 17.7. The molecule has 0 unspecified atom stereocenters. The summed E-state index contributed by atoms with van der Waals surface area (Å²) in [5.74, 6) is -0.184. The first-order valence-electron chi connectivity index (χ1n) is 10.4. The lowest BCUT2D eigenvalue weighted by Gasteiger charge is -2.25. The second-order valence-corrected chi connectivity index (χ2v) is 9.30. The molecule has 0 aromatic heterocycles. The maximum absolute atomic E-state index is 13.4. The quantitative estimate of drug-likeness (QED) is 0.446. The van der Waals surface area contributed by atoms with Gasteiger partial charge in [-0.3, -0.25) is 4.79 Å². The number of hydrogen-bond donors (Lipinski definition) is 1. The van der Waals surface area contributed by atoms with Gasteiger partial charge in [0.1, 0.15) is 0 Å². The molecule has 0 spiro atoms. The van der Waals surface area contributed by atoms with E-state index in [1.807, 2.05) is 67.6 Å². The number of hydrogen-bond acceptors (Lipinski definition) is 3. The first kappa shape index (κ1) is 21.7. The first-order valence-corrected chi connectivity index (χ1v) is 11.8. The van der Waals surface area contributed by atoms with Gasteiger partial charge in [-0.25, -0.2) is 13.1 Å². The minimum atomic E-state index is -3.68. The van der Waals surface area contributed by atoms with Gasteiger partial charge in [0.05, 0.1) is 10.6 Å². The Bertz CT molecular complexity index is 1330. The summed E-state index contributed by atoms with van der Waals surface area (Å²) in [5.41, 5.74) is 2.27. The summed E-state index contributed by atoms with van der Waals surface area (Å²) in [5, 5.41) is 1.94. The molecule has 1 N–H and O–H groups in total. The number of anilines is 1. The summed E-state index contributed by atoms with van der Waals surface area (Å²) in [7, 11) is -3.68. The van der Waals surface area contributed by atoms with Crippen molar-refractivity contribution in [1.82, 2.24) is 4.72 Å². The van der Waals surface area contributed by atoms with Gasteiger partial charge in [-0.05, 0) is 42.6 Å². The topological polar surface area (TPSA) is 66.5 Å². The number of nitrogens with one attached hydrogen (secondary N) is 1. The fourth-order valence-electron chi connectivity index (χ4n) is 3.60. The Balaban J connectivity index is 1.63. The van der Waals surface area contributed by atoms with Crippen LogP contribution in [0.4, 0.5) is 5.69 Å². The van der Waals surface area contributed by atoms with Crippen LogP contribution in [0.5, 0.6) is 0 Å². The molecule has 0 fully saturated rings. The molecule has 0 atom stereocenters. The summed E-state index contributed by atoms with van der Waals surface area (Å²) in [6.45, 7) is 2.17. The van der Waals surface area contributed by atoms with E-state index in [0.717, 1.165) is 22.0 Å². The molecule has 0 saturated heterocycles. The number of amides is 1. The van der Waals surface area contributed by atoms with E-state index in [4.69, 9.17) is 0 Å². The van der Waals surface area contributed by atoms with E-state index >= 15 is 0 Å². The second-order valence-electron chi connectivity index (χ2n) is 7.53. The zero-order chi connectivity index (χ0) is 22.6. The van der Waals surface area contributed by atoms with Gasteiger partial charge in [0.25, 0.3) is 5.91 Å². The molecule has 6 heteroatoms. The highest BCUT2D eigenvalue weighted by Gasteiger charge is 2.21. The molecule has 0 aliphatic heterocycles. The first-order chi connectivity index (χ1) is 15.5. The van der Waals surface area contributed by atoms with Crippen molar-refractivity contribution in [2.75, 3.05) is 18.0 Å². The Kier molecular flexibility index (Phi) is 6.35. The molecular formula is C26H24N2O3S. The Morgan fingerprint density at radius 2 is 1.47 bits per heavy atom. The second kappa shape index (κ2) is 9.34. The minimum Gasteiger partial charge on any atom is -0.306 e. The van der Waals surface area contributed by atoms with Gasteiger partial charge in [0, 0.05) is 24.0 Å². The van der Waals surface area contributed by atoms with Crippen molar-refractivity contribution in [3.63, 3.8) is 0 Å². The monoisotopic (exact) mass is 444 g/mol. The van der Waals surface area contributed by atoms with Gasteiger partial charge in [-0.1, -0.05) is 72.3 Å². The van der Waals surface area contributed by atoms with Crippen LogP contribution < -0.4 is 9.62 Å². The third kappa shape index (κ3) is 4.72. The van der Waals surface area contributed by atoms with Crippen LogP contribution in [-0.2, 0) is 10.0 Å². The predicted molar refractivity (Wildman–Crippen MR) is 128 cm³/mol. The largest absolute Gasteiger partial charge is 0.306 e. The fraction of sp³-hybridized carbons (Fsp3) is 0.115. The predicted octanol–water partition coefficient (Wildman–Crippen LogP) is 4.77. The van der Waals surface area contributed by atoms with Crippen LogP contribution in [0.15, 0.2) is 102 Å². The van der Waals surface area contributed by atoms with Crippen LogP contribution >= 0.6 is 0 Å². The van der Waals surface area contributed by atoms with Crippen LogP contribution in [0.1, 0.15) is 15.9 Å². The number of carbonyl (C=O) groups excluding carboxylic acids is 1. The maximum atomic E-state index is 13.4. The summed E-state index contributed by atoms with van der Waals surface area (Å²) in [4.78, 5) is 15.2. The molecular weight excluding hydrogens is 420 g/mol. The van der Waals surface area contributed by atoms with Gasteiger partial charge in [-0.2, -0.15) is 0 Å². The Morgan fingerprint density at radius 3 is 2.22 bits per heavy atom. The molecule has 162 valence electrons. The average molecular weight is 445 g/mol. The summed E-state index contributed by atoms with van der Waals surface area (Å²) in [6, 6.07) is 29.3. The molecule has 0 aliphatic carbocycles. The number of aryl methyl sites for hydroxylation is 1. The molecule has 32 heavy (non-hydrogen) atoms. The standard InChI is InChI=1S/C26H24N2O3S/c1-20-14-16-23(17-15-20)32(30,31)27-18-19-28(26(29)22-9-3-2-4-10-22)25-13-7-11-21-8-5-6-12-24(21)25/h2-17,27H,18-19H2,1H3. The number of fused-ring (bicyclic) bond motifs is 1. The minimum absolute atomic E-state index is 0.0814. The van der Waals surface area contributed by atoms with E-state index in [1.54, 1.807) is 41.3 Å². The zero-order valence-corrected chi connectivity index (χ0v) is 18.5. The normalized spacial score (nSPS) is 11.4. The van der Waals surface area contributed by atoms with Crippen molar-refractivity contribution in [3.8, 4) is 0 Å². The van der Waals surface area contributed by atoms with E-state index in [0.29, 0.717) is 5.56 Å². The number of benzene rings is 4. The van der Waals surface area contributed by atoms with Crippen molar-refractivity contribution in [2.45, 2.75) is 11.8 Å². The highest BCUT2D eigenvalue weighted by atomic mass is 32.2.